The number of H-pyrrole nitrogens is 1. The first kappa shape index (κ1) is 22.6. The third-order valence-electron chi connectivity index (χ3n) is 5.68. The van der Waals surface area contributed by atoms with Crippen molar-refractivity contribution in [3.8, 4) is 0 Å². The van der Waals surface area contributed by atoms with Gasteiger partial charge in [-0.1, -0.05) is 48.0 Å². The van der Waals surface area contributed by atoms with Gasteiger partial charge in [0, 0.05) is 17.1 Å². The molecule has 0 aliphatic rings. The van der Waals surface area contributed by atoms with Crippen LogP contribution in [0.4, 0.5) is 14.9 Å². The van der Waals surface area contributed by atoms with Crippen LogP contribution in [0.1, 0.15) is 22.3 Å². The Bertz CT molecular complexity index is 1380. The van der Waals surface area contributed by atoms with E-state index in [0.717, 1.165) is 27.6 Å². The standard InChI is InChI=1S/C26H23ClFN3O2/c1-16-7-10-19-13-20(25(32)30-24(19)17(16)2)15-31(14-18-8-11-21(27)12-9-18)26(33)29-23-6-4-3-5-22(23)28/h3-13H,14-15H2,1-2H3,(H,29,33)(H,30,32). The van der Waals surface area contributed by atoms with E-state index in [9.17, 15) is 14.0 Å². The lowest BCUT2D eigenvalue weighted by Gasteiger charge is -2.23. The molecule has 168 valence electrons. The summed E-state index contributed by atoms with van der Waals surface area (Å²) in [4.78, 5) is 30.4. The molecule has 3 aromatic carbocycles. The number of amides is 2. The highest BCUT2D eigenvalue weighted by molar-refractivity contribution is 6.30. The van der Waals surface area contributed by atoms with Crippen LogP contribution in [0, 0.1) is 19.7 Å². The first-order valence-electron chi connectivity index (χ1n) is 10.5. The fourth-order valence-corrected chi connectivity index (χ4v) is 3.79. The molecule has 0 atom stereocenters. The van der Waals surface area contributed by atoms with Crippen molar-refractivity contribution in [3.05, 3.63) is 110 Å². The van der Waals surface area contributed by atoms with E-state index in [1.54, 1.807) is 30.3 Å². The maximum atomic E-state index is 14.1. The summed E-state index contributed by atoms with van der Waals surface area (Å²) < 4.78 is 14.1. The number of fused-ring (bicyclic) bond motifs is 1. The molecule has 0 saturated heterocycles. The summed E-state index contributed by atoms with van der Waals surface area (Å²) in [5.41, 5.74) is 3.93. The van der Waals surface area contributed by atoms with Gasteiger partial charge in [-0.3, -0.25) is 4.79 Å². The minimum absolute atomic E-state index is 0.0428. The normalized spacial score (nSPS) is 10.9. The van der Waals surface area contributed by atoms with Gasteiger partial charge in [0.1, 0.15) is 5.82 Å². The number of carbonyl (C=O) groups is 1. The van der Waals surface area contributed by atoms with Gasteiger partial charge in [-0.15, -0.1) is 0 Å². The highest BCUT2D eigenvalue weighted by Gasteiger charge is 2.18. The largest absolute Gasteiger partial charge is 0.322 e. The van der Waals surface area contributed by atoms with Gasteiger partial charge >= 0.3 is 6.03 Å². The quantitative estimate of drug-likeness (QED) is 0.371. The van der Waals surface area contributed by atoms with Gasteiger partial charge in [0.15, 0.2) is 0 Å². The molecule has 0 aliphatic heterocycles. The summed E-state index contributed by atoms with van der Waals surface area (Å²) in [5, 5.41) is 4.07. The minimum Gasteiger partial charge on any atom is -0.321 e. The molecule has 0 saturated carbocycles. The lowest BCUT2D eigenvalue weighted by Crippen LogP contribution is -2.36. The third-order valence-corrected chi connectivity index (χ3v) is 5.93. The first-order valence-corrected chi connectivity index (χ1v) is 10.9. The molecule has 5 nitrogen and oxygen atoms in total. The molecule has 0 bridgehead atoms. The number of nitrogens with zero attached hydrogens (tertiary/aromatic N) is 1. The van der Waals surface area contributed by atoms with Crippen LogP contribution in [-0.2, 0) is 13.1 Å². The number of pyridine rings is 1. The Morgan fingerprint density at radius 1 is 1.03 bits per heavy atom. The van der Waals surface area contributed by atoms with Crippen molar-refractivity contribution in [2.75, 3.05) is 5.32 Å². The van der Waals surface area contributed by atoms with Crippen molar-refractivity contribution in [2.24, 2.45) is 0 Å². The second kappa shape index (κ2) is 9.46. The molecule has 33 heavy (non-hydrogen) atoms. The molecule has 0 aliphatic carbocycles. The topological polar surface area (TPSA) is 65.2 Å². The van der Waals surface area contributed by atoms with Gasteiger partial charge in [-0.2, -0.15) is 0 Å². The SMILES string of the molecule is Cc1ccc2cc(CN(Cc3ccc(Cl)cc3)C(=O)Nc3ccccc3F)c(=O)[nH]c2c1C. The van der Waals surface area contributed by atoms with E-state index in [0.29, 0.717) is 10.6 Å². The molecular formula is C26H23ClFN3O2. The summed E-state index contributed by atoms with van der Waals surface area (Å²) >= 11 is 5.99. The molecule has 2 amide bonds. The molecule has 4 rings (SSSR count). The van der Waals surface area contributed by atoms with Gasteiger partial charge in [-0.25, -0.2) is 9.18 Å². The van der Waals surface area contributed by atoms with Crippen LogP contribution in [0.2, 0.25) is 5.02 Å². The molecule has 4 aromatic rings. The van der Waals surface area contributed by atoms with E-state index >= 15 is 0 Å². The number of urea groups is 1. The van der Waals surface area contributed by atoms with Crippen LogP contribution in [0.5, 0.6) is 0 Å². The summed E-state index contributed by atoms with van der Waals surface area (Å²) in [6.45, 7) is 4.20. The second-order valence-corrected chi connectivity index (χ2v) is 8.42. The Morgan fingerprint density at radius 3 is 2.48 bits per heavy atom. The predicted octanol–water partition coefficient (Wildman–Crippen LogP) is 6.17. The van der Waals surface area contributed by atoms with Crippen molar-refractivity contribution in [2.45, 2.75) is 26.9 Å². The number of aromatic nitrogens is 1. The lowest BCUT2D eigenvalue weighted by molar-refractivity contribution is 0.206. The Kier molecular flexibility index (Phi) is 6.47. The number of aryl methyl sites for hydroxylation is 2. The fourth-order valence-electron chi connectivity index (χ4n) is 3.66. The number of hydrogen-bond donors (Lipinski definition) is 2. The summed E-state index contributed by atoms with van der Waals surface area (Å²) in [7, 11) is 0. The fraction of sp³-hybridized carbons (Fsp3) is 0.154. The van der Waals surface area contributed by atoms with E-state index in [1.807, 2.05) is 38.1 Å². The molecule has 0 spiro atoms. The first-order chi connectivity index (χ1) is 15.8. The van der Waals surface area contributed by atoms with E-state index in [-0.39, 0.29) is 24.3 Å². The molecule has 2 N–H and O–H groups in total. The second-order valence-electron chi connectivity index (χ2n) is 7.99. The van der Waals surface area contributed by atoms with Gasteiger partial charge in [0.2, 0.25) is 0 Å². The zero-order valence-corrected chi connectivity index (χ0v) is 19.0. The zero-order chi connectivity index (χ0) is 23.5. The van der Waals surface area contributed by atoms with Crippen molar-refractivity contribution < 1.29 is 9.18 Å². The predicted molar refractivity (Wildman–Crippen MR) is 130 cm³/mol. The number of benzene rings is 3. The van der Waals surface area contributed by atoms with Gasteiger partial charge in [0.25, 0.3) is 5.56 Å². The van der Waals surface area contributed by atoms with Crippen molar-refractivity contribution in [3.63, 3.8) is 0 Å². The molecule has 0 radical (unpaired) electrons. The number of carbonyl (C=O) groups excluding carboxylic acids is 1. The smallest absolute Gasteiger partial charge is 0.321 e. The summed E-state index contributed by atoms with van der Waals surface area (Å²) in [5.74, 6) is -0.535. The molecule has 1 heterocycles. The van der Waals surface area contributed by atoms with E-state index in [1.165, 1.54) is 17.0 Å². The number of hydrogen-bond acceptors (Lipinski definition) is 2. The van der Waals surface area contributed by atoms with Crippen molar-refractivity contribution >= 4 is 34.2 Å². The Balaban J connectivity index is 1.68. The monoisotopic (exact) mass is 463 g/mol. The molecule has 7 heteroatoms. The van der Waals surface area contributed by atoms with Crippen LogP contribution < -0.4 is 10.9 Å². The average Bonchev–Trinajstić information content (AvgIpc) is 2.80. The van der Waals surface area contributed by atoms with Gasteiger partial charge in [0.05, 0.1) is 17.7 Å². The lowest BCUT2D eigenvalue weighted by atomic mass is 10.0. The van der Waals surface area contributed by atoms with Crippen LogP contribution in [-0.4, -0.2) is 15.9 Å². The molecule has 0 fully saturated rings. The number of halogens is 2. The third kappa shape index (κ3) is 5.07. The van der Waals surface area contributed by atoms with E-state index < -0.39 is 11.8 Å². The van der Waals surface area contributed by atoms with Crippen LogP contribution in [0.25, 0.3) is 10.9 Å². The Labute approximate surface area is 195 Å². The maximum Gasteiger partial charge on any atom is 0.322 e. The van der Waals surface area contributed by atoms with Gasteiger partial charge in [-0.05, 0) is 66.3 Å². The van der Waals surface area contributed by atoms with Crippen molar-refractivity contribution in [1.82, 2.24) is 9.88 Å². The van der Waals surface area contributed by atoms with E-state index in [4.69, 9.17) is 11.6 Å². The number of para-hydroxylation sites is 1. The van der Waals surface area contributed by atoms with Gasteiger partial charge < -0.3 is 15.2 Å². The molecule has 1 aromatic heterocycles. The summed E-state index contributed by atoms with van der Waals surface area (Å²) in [6.07, 6.45) is 0. The number of rotatable bonds is 5. The van der Waals surface area contributed by atoms with E-state index in [2.05, 4.69) is 10.3 Å². The molecule has 0 unspecified atom stereocenters. The van der Waals surface area contributed by atoms with Crippen LogP contribution >= 0.6 is 11.6 Å². The number of nitrogens with one attached hydrogen (secondary N) is 2. The van der Waals surface area contributed by atoms with Crippen molar-refractivity contribution in [1.29, 1.82) is 0 Å². The molecular weight excluding hydrogens is 441 g/mol. The Morgan fingerprint density at radius 2 is 1.76 bits per heavy atom. The highest BCUT2D eigenvalue weighted by Crippen LogP contribution is 2.21. The number of anilines is 1. The summed E-state index contributed by atoms with van der Waals surface area (Å²) in [6, 6.07) is 18.3. The highest BCUT2D eigenvalue weighted by atomic mass is 35.5. The van der Waals surface area contributed by atoms with Crippen LogP contribution in [0.3, 0.4) is 0 Å². The Hall–Kier alpha value is -3.64. The minimum atomic E-state index is -0.535. The maximum absolute atomic E-state index is 14.1. The zero-order valence-electron chi connectivity index (χ0n) is 18.3. The number of aromatic amines is 1. The average molecular weight is 464 g/mol. The van der Waals surface area contributed by atoms with Crippen LogP contribution in [0.15, 0.2) is 71.5 Å².